The molecule has 0 aromatic carbocycles. The standard InChI is InChI=1S/C19H25N5O2/c1-22-16(6-9-20-19(22)26)13-23-10-7-14(8-11-23)12-24-18(25)5-4-17(21-24)15-2-3-15/h4-6,9,14-15H,2-3,7-8,10-13H2,1H3. The zero-order valence-electron chi connectivity index (χ0n) is 15.2. The lowest BCUT2D eigenvalue weighted by Gasteiger charge is -2.32. The lowest BCUT2D eigenvalue weighted by Crippen LogP contribution is -2.37. The quantitative estimate of drug-likeness (QED) is 0.804. The number of rotatable bonds is 5. The van der Waals surface area contributed by atoms with Crippen LogP contribution in [0.2, 0.25) is 0 Å². The van der Waals surface area contributed by atoms with Gasteiger partial charge in [-0.1, -0.05) is 0 Å². The van der Waals surface area contributed by atoms with E-state index in [2.05, 4.69) is 15.0 Å². The summed E-state index contributed by atoms with van der Waals surface area (Å²) in [6.45, 7) is 3.41. The van der Waals surface area contributed by atoms with Crippen LogP contribution in [0, 0.1) is 5.92 Å². The summed E-state index contributed by atoms with van der Waals surface area (Å²) in [4.78, 5) is 29.9. The fraction of sp³-hybridized carbons (Fsp3) is 0.579. The predicted molar refractivity (Wildman–Crippen MR) is 98.0 cm³/mol. The molecule has 2 aromatic rings. The molecule has 2 aliphatic rings. The summed E-state index contributed by atoms with van der Waals surface area (Å²) in [5.74, 6) is 1.04. The minimum absolute atomic E-state index is 0.00335. The Kier molecular flexibility index (Phi) is 4.72. The van der Waals surface area contributed by atoms with Crippen molar-refractivity contribution in [1.29, 1.82) is 0 Å². The predicted octanol–water partition coefficient (Wildman–Crippen LogP) is 1.13. The molecule has 3 heterocycles. The third-order valence-corrected chi connectivity index (χ3v) is 5.58. The maximum absolute atomic E-state index is 12.1. The van der Waals surface area contributed by atoms with Gasteiger partial charge in [-0.25, -0.2) is 14.5 Å². The van der Waals surface area contributed by atoms with Crippen molar-refractivity contribution in [1.82, 2.24) is 24.2 Å². The lowest BCUT2D eigenvalue weighted by atomic mass is 9.96. The van der Waals surface area contributed by atoms with E-state index < -0.39 is 0 Å². The van der Waals surface area contributed by atoms with Gasteiger partial charge in [0.25, 0.3) is 5.56 Å². The van der Waals surface area contributed by atoms with Crippen molar-refractivity contribution >= 4 is 0 Å². The summed E-state index contributed by atoms with van der Waals surface area (Å²) in [6.07, 6.45) is 6.05. The molecule has 7 heteroatoms. The molecule has 4 rings (SSSR count). The van der Waals surface area contributed by atoms with Crippen LogP contribution in [0.25, 0.3) is 0 Å². The van der Waals surface area contributed by atoms with Crippen molar-refractivity contribution < 1.29 is 0 Å². The van der Waals surface area contributed by atoms with E-state index in [0.29, 0.717) is 18.4 Å². The molecule has 0 radical (unpaired) electrons. The van der Waals surface area contributed by atoms with Crippen LogP contribution in [-0.2, 0) is 20.1 Å². The molecule has 1 aliphatic heterocycles. The van der Waals surface area contributed by atoms with Gasteiger partial charge in [-0.3, -0.25) is 14.3 Å². The van der Waals surface area contributed by atoms with Crippen molar-refractivity contribution in [2.75, 3.05) is 13.1 Å². The second kappa shape index (κ2) is 7.15. The number of likely N-dealkylation sites (tertiary alicyclic amines) is 1. The SMILES string of the molecule is Cn1c(CN2CCC(Cn3nc(C4CC4)ccc3=O)CC2)ccnc1=O. The maximum Gasteiger partial charge on any atom is 0.347 e. The van der Waals surface area contributed by atoms with Gasteiger partial charge in [0.1, 0.15) is 0 Å². The van der Waals surface area contributed by atoms with Crippen molar-refractivity contribution in [2.45, 2.75) is 44.7 Å². The molecule has 1 aliphatic carbocycles. The smallest absolute Gasteiger partial charge is 0.298 e. The molecule has 0 spiro atoms. The topological polar surface area (TPSA) is 73.0 Å². The van der Waals surface area contributed by atoms with Gasteiger partial charge in [0.15, 0.2) is 0 Å². The third kappa shape index (κ3) is 3.77. The highest BCUT2D eigenvalue weighted by molar-refractivity contribution is 5.12. The number of hydrogen-bond donors (Lipinski definition) is 0. The molecule has 0 unspecified atom stereocenters. The monoisotopic (exact) mass is 355 g/mol. The summed E-state index contributed by atoms with van der Waals surface area (Å²) in [7, 11) is 1.77. The number of hydrogen-bond acceptors (Lipinski definition) is 5. The van der Waals surface area contributed by atoms with Crippen LogP contribution in [0.1, 0.15) is 43.0 Å². The van der Waals surface area contributed by atoms with Crippen molar-refractivity contribution in [3.05, 3.63) is 56.6 Å². The fourth-order valence-electron chi connectivity index (χ4n) is 3.66. The number of aromatic nitrogens is 4. The van der Waals surface area contributed by atoms with Crippen molar-refractivity contribution in [2.24, 2.45) is 13.0 Å². The molecular weight excluding hydrogens is 330 g/mol. The molecule has 1 saturated carbocycles. The molecule has 2 aromatic heterocycles. The Balaban J connectivity index is 1.35. The van der Waals surface area contributed by atoms with Gasteiger partial charge < -0.3 is 0 Å². The van der Waals surface area contributed by atoms with E-state index in [-0.39, 0.29) is 11.2 Å². The van der Waals surface area contributed by atoms with Gasteiger partial charge in [-0.2, -0.15) is 5.10 Å². The summed E-state index contributed by atoms with van der Waals surface area (Å²) in [6, 6.07) is 5.46. The first-order valence-electron chi connectivity index (χ1n) is 9.41. The molecule has 2 fully saturated rings. The molecule has 0 amide bonds. The van der Waals surface area contributed by atoms with Crippen LogP contribution >= 0.6 is 0 Å². The minimum atomic E-state index is -0.210. The van der Waals surface area contributed by atoms with E-state index in [0.717, 1.165) is 43.9 Å². The Hall–Kier alpha value is -2.28. The Bertz CT molecular complexity index is 891. The maximum atomic E-state index is 12.1. The lowest BCUT2D eigenvalue weighted by molar-refractivity contribution is 0.160. The summed E-state index contributed by atoms with van der Waals surface area (Å²) < 4.78 is 3.28. The third-order valence-electron chi connectivity index (χ3n) is 5.58. The second-order valence-electron chi connectivity index (χ2n) is 7.55. The van der Waals surface area contributed by atoms with Crippen LogP contribution in [0.3, 0.4) is 0 Å². The minimum Gasteiger partial charge on any atom is -0.298 e. The normalized spacial score (nSPS) is 19.0. The molecule has 7 nitrogen and oxygen atoms in total. The summed E-state index contributed by atoms with van der Waals surface area (Å²) in [5, 5.41) is 4.58. The second-order valence-corrected chi connectivity index (χ2v) is 7.55. The van der Waals surface area contributed by atoms with Crippen LogP contribution in [0.15, 0.2) is 34.0 Å². The molecular formula is C19H25N5O2. The highest BCUT2D eigenvalue weighted by Crippen LogP contribution is 2.38. The Morgan fingerprint density at radius 1 is 1.08 bits per heavy atom. The highest BCUT2D eigenvalue weighted by atomic mass is 16.1. The van der Waals surface area contributed by atoms with Gasteiger partial charge in [0, 0.05) is 44.0 Å². The average Bonchev–Trinajstić information content (AvgIpc) is 3.48. The van der Waals surface area contributed by atoms with E-state index in [4.69, 9.17) is 0 Å². The van der Waals surface area contributed by atoms with Gasteiger partial charge in [-0.05, 0) is 56.8 Å². The van der Waals surface area contributed by atoms with Crippen LogP contribution < -0.4 is 11.2 Å². The zero-order chi connectivity index (χ0) is 18.1. The summed E-state index contributed by atoms with van der Waals surface area (Å²) >= 11 is 0. The molecule has 138 valence electrons. The van der Waals surface area contributed by atoms with E-state index in [1.54, 1.807) is 28.6 Å². The molecule has 0 atom stereocenters. The number of nitrogens with zero attached hydrogens (tertiary/aromatic N) is 5. The van der Waals surface area contributed by atoms with Gasteiger partial charge in [0.05, 0.1) is 5.69 Å². The van der Waals surface area contributed by atoms with Gasteiger partial charge in [-0.15, -0.1) is 0 Å². The average molecular weight is 355 g/mol. The molecule has 26 heavy (non-hydrogen) atoms. The van der Waals surface area contributed by atoms with Crippen LogP contribution in [0.4, 0.5) is 0 Å². The van der Waals surface area contributed by atoms with Crippen molar-refractivity contribution in [3.8, 4) is 0 Å². The fourth-order valence-corrected chi connectivity index (χ4v) is 3.66. The molecule has 1 saturated heterocycles. The van der Waals surface area contributed by atoms with Crippen LogP contribution in [0.5, 0.6) is 0 Å². The zero-order valence-corrected chi connectivity index (χ0v) is 15.2. The largest absolute Gasteiger partial charge is 0.347 e. The van der Waals surface area contributed by atoms with Crippen LogP contribution in [-0.4, -0.2) is 37.3 Å². The number of piperidine rings is 1. The Morgan fingerprint density at radius 3 is 2.58 bits per heavy atom. The Labute approximate surface area is 152 Å². The first-order valence-corrected chi connectivity index (χ1v) is 9.41. The van der Waals surface area contributed by atoms with Gasteiger partial charge in [0.2, 0.25) is 0 Å². The van der Waals surface area contributed by atoms with E-state index in [1.165, 1.54) is 12.8 Å². The first kappa shape index (κ1) is 17.1. The van der Waals surface area contributed by atoms with E-state index in [9.17, 15) is 9.59 Å². The van der Waals surface area contributed by atoms with E-state index >= 15 is 0 Å². The van der Waals surface area contributed by atoms with Crippen molar-refractivity contribution in [3.63, 3.8) is 0 Å². The van der Waals surface area contributed by atoms with E-state index in [1.807, 2.05) is 12.1 Å². The van der Waals surface area contributed by atoms with Gasteiger partial charge >= 0.3 is 5.69 Å². The first-order chi connectivity index (χ1) is 12.6. The summed E-state index contributed by atoms with van der Waals surface area (Å²) in [5.41, 5.74) is 1.85. The highest BCUT2D eigenvalue weighted by Gasteiger charge is 2.26. The molecule has 0 bridgehead atoms. The Morgan fingerprint density at radius 2 is 1.85 bits per heavy atom. The molecule has 0 N–H and O–H groups in total.